The van der Waals surface area contributed by atoms with Gasteiger partial charge in [-0.05, 0) is 30.9 Å². The molecule has 0 radical (unpaired) electrons. The molecule has 0 spiro atoms. The molecule has 2 rings (SSSR count). The van der Waals surface area contributed by atoms with Crippen molar-refractivity contribution in [2.45, 2.75) is 31.2 Å². The van der Waals surface area contributed by atoms with Gasteiger partial charge in [0.05, 0.1) is 7.11 Å². The van der Waals surface area contributed by atoms with Gasteiger partial charge >= 0.3 is 0 Å². The smallest absolute Gasteiger partial charge is 0.122 e. The van der Waals surface area contributed by atoms with Crippen molar-refractivity contribution in [1.29, 1.82) is 0 Å². The van der Waals surface area contributed by atoms with Crippen LogP contribution in [-0.4, -0.2) is 19.7 Å². The Hall–Kier alpha value is -1.25. The molecule has 0 heterocycles. The summed E-state index contributed by atoms with van der Waals surface area (Å²) in [6.07, 6.45) is 7.17. The Bertz CT molecular complexity index is 444. The number of hydrogen-bond acceptors (Lipinski definition) is 2. The first-order valence-corrected chi connectivity index (χ1v) is 6.92. The molecule has 1 aromatic rings. The molecular formula is C17H24ClNO. The van der Waals surface area contributed by atoms with E-state index in [1.54, 1.807) is 7.11 Å². The number of allylic oxidation sites excluding steroid dienone is 1. The maximum atomic E-state index is 5.56. The summed E-state index contributed by atoms with van der Waals surface area (Å²) in [6.45, 7) is 8.55. The van der Waals surface area contributed by atoms with Crippen molar-refractivity contribution < 1.29 is 4.74 Å². The summed E-state index contributed by atoms with van der Waals surface area (Å²) in [5, 5.41) is 3.58. The molecule has 110 valence electrons. The van der Waals surface area contributed by atoms with Gasteiger partial charge in [-0.1, -0.05) is 24.3 Å². The van der Waals surface area contributed by atoms with Gasteiger partial charge in [-0.15, -0.1) is 25.6 Å². The van der Waals surface area contributed by atoms with E-state index in [-0.39, 0.29) is 12.4 Å². The maximum Gasteiger partial charge on any atom is 0.122 e. The largest absolute Gasteiger partial charge is 0.496 e. The standard InChI is InChI=1S/C17H23NO.ClH/c1-4-7-14-15(18-12-5-2)11-10-13-8-6-9-16(19-3)17(13)14;/h4-6,8-9,14-15,18H,1-2,7,10-12H2,3H3;1H/t14-,15+;/m1./s1. The number of methoxy groups -OCH3 is 1. The molecule has 0 aliphatic heterocycles. The normalized spacial score (nSPS) is 20.4. The van der Waals surface area contributed by atoms with Crippen LogP contribution < -0.4 is 10.1 Å². The first-order chi connectivity index (χ1) is 9.31. The lowest BCUT2D eigenvalue weighted by Gasteiger charge is -2.34. The zero-order chi connectivity index (χ0) is 13.7. The van der Waals surface area contributed by atoms with E-state index >= 15 is 0 Å². The van der Waals surface area contributed by atoms with Crippen molar-refractivity contribution in [3.8, 4) is 5.75 Å². The summed E-state index contributed by atoms with van der Waals surface area (Å²) >= 11 is 0. The van der Waals surface area contributed by atoms with Crippen LogP contribution in [0.1, 0.15) is 29.9 Å². The van der Waals surface area contributed by atoms with E-state index in [1.165, 1.54) is 11.1 Å². The summed E-state index contributed by atoms with van der Waals surface area (Å²) < 4.78 is 5.56. The van der Waals surface area contributed by atoms with Crippen LogP contribution in [0.2, 0.25) is 0 Å². The number of aryl methyl sites for hydroxylation is 1. The fourth-order valence-electron chi connectivity index (χ4n) is 3.06. The van der Waals surface area contributed by atoms with Gasteiger partial charge in [0.2, 0.25) is 0 Å². The van der Waals surface area contributed by atoms with Crippen LogP contribution >= 0.6 is 12.4 Å². The molecule has 0 bridgehead atoms. The molecular weight excluding hydrogens is 270 g/mol. The van der Waals surface area contributed by atoms with Crippen molar-refractivity contribution in [2.75, 3.05) is 13.7 Å². The van der Waals surface area contributed by atoms with Gasteiger partial charge in [0.25, 0.3) is 0 Å². The minimum Gasteiger partial charge on any atom is -0.496 e. The van der Waals surface area contributed by atoms with Crippen LogP contribution in [0.25, 0.3) is 0 Å². The molecule has 0 amide bonds. The third kappa shape index (κ3) is 3.44. The number of fused-ring (bicyclic) bond motifs is 1. The fraction of sp³-hybridized carbons (Fsp3) is 0.412. The molecule has 1 N–H and O–H groups in total. The van der Waals surface area contributed by atoms with Crippen molar-refractivity contribution >= 4 is 12.4 Å². The molecule has 0 fully saturated rings. The Balaban J connectivity index is 0.00000200. The molecule has 0 saturated carbocycles. The van der Waals surface area contributed by atoms with Crippen molar-refractivity contribution in [3.05, 3.63) is 54.6 Å². The summed E-state index contributed by atoms with van der Waals surface area (Å²) in [4.78, 5) is 0. The molecule has 0 saturated heterocycles. The lowest BCUT2D eigenvalue weighted by atomic mass is 9.77. The van der Waals surface area contributed by atoms with E-state index < -0.39 is 0 Å². The molecule has 0 aromatic heterocycles. The Morgan fingerprint density at radius 1 is 1.35 bits per heavy atom. The van der Waals surface area contributed by atoms with Crippen molar-refractivity contribution in [2.24, 2.45) is 0 Å². The van der Waals surface area contributed by atoms with Crippen LogP contribution in [0.3, 0.4) is 0 Å². The first-order valence-electron chi connectivity index (χ1n) is 6.92. The van der Waals surface area contributed by atoms with Gasteiger partial charge in [0.1, 0.15) is 5.75 Å². The zero-order valence-electron chi connectivity index (χ0n) is 12.1. The number of hydrogen-bond donors (Lipinski definition) is 1. The Labute approximate surface area is 128 Å². The van der Waals surface area contributed by atoms with Gasteiger partial charge in [0.15, 0.2) is 0 Å². The molecule has 0 unspecified atom stereocenters. The average Bonchev–Trinajstić information content (AvgIpc) is 2.45. The average molecular weight is 294 g/mol. The number of ether oxygens (including phenoxy) is 1. The lowest BCUT2D eigenvalue weighted by molar-refractivity contribution is 0.366. The Morgan fingerprint density at radius 2 is 2.15 bits per heavy atom. The number of rotatable bonds is 6. The third-order valence-corrected chi connectivity index (χ3v) is 3.90. The van der Waals surface area contributed by atoms with Gasteiger partial charge in [-0.25, -0.2) is 0 Å². The fourth-order valence-corrected chi connectivity index (χ4v) is 3.06. The van der Waals surface area contributed by atoms with Gasteiger partial charge in [-0.2, -0.15) is 0 Å². The number of benzene rings is 1. The van der Waals surface area contributed by atoms with Crippen LogP contribution in [0.15, 0.2) is 43.5 Å². The summed E-state index contributed by atoms with van der Waals surface area (Å²) in [6, 6.07) is 6.84. The zero-order valence-corrected chi connectivity index (χ0v) is 12.9. The third-order valence-electron chi connectivity index (χ3n) is 3.90. The molecule has 2 nitrogen and oxygen atoms in total. The molecule has 1 aliphatic rings. The quantitative estimate of drug-likeness (QED) is 0.804. The van der Waals surface area contributed by atoms with Crippen LogP contribution in [0, 0.1) is 0 Å². The highest BCUT2D eigenvalue weighted by Crippen LogP contribution is 2.40. The minimum absolute atomic E-state index is 0. The van der Waals surface area contributed by atoms with Gasteiger partial charge in [0, 0.05) is 24.1 Å². The minimum atomic E-state index is 0. The van der Waals surface area contributed by atoms with Gasteiger partial charge in [-0.3, -0.25) is 0 Å². The summed E-state index contributed by atoms with van der Waals surface area (Å²) in [5.74, 6) is 1.45. The van der Waals surface area contributed by atoms with Gasteiger partial charge < -0.3 is 10.1 Å². The Morgan fingerprint density at radius 3 is 2.80 bits per heavy atom. The second-order valence-electron chi connectivity index (χ2n) is 5.01. The molecule has 1 aliphatic carbocycles. The molecule has 3 heteroatoms. The van der Waals surface area contributed by atoms with E-state index in [1.807, 2.05) is 12.2 Å². The van der Waals surface area contributed by atoms with E-state index in [0.717, 1.165) is 31.6 Å². The van der Waals surface area contributed by atoms with Crippen LogP contribution in [-0.2, 0) is 6.42 Å². The lowest BCUT2D eigenvalue weighted by Crippen LogP contribution is -2.38. The predicted octanol–water partition coefficient (Wildman–Crippen LogP) is 3.87. The van der Waals surface area contributed by atoms with Crippen molar-refractivity contribution in [3.63, 3.8) is 0 Å². The Kier molecular flexibility index (Phi) is 6.83. The number of halogens is 1. The molecule has 1 aromatic carbocycles. The summed E-state index contributed by atoms with van der Waals surface area (Å²) in [7, 11) is 1.75. The van der Waals surface area contributed by atoms with Crippen LogP contribution in [0.4, 0.5) is 0 Å². The predicted molar refractivity (Wildman–Crippen MR) is 88.1 cm³/mol. The van der Waals surface area contributed by atoms with E-state index in [0.29, 0.717) is 12.0 Å². The topological polar surface area (TPSA) is 21.3 Å². The highest BCUT2D eigenvalue weighted by Gasteiger charge is 2.30. The second kappa shape index (κ2) is 8.13. The SMILES string of the molecule is C=CCN[C@H]1CCc2cccc(OC)c2[C@@H]1CC=C.Cl. The monoisotopic (exact) mass is 293 g/mol. The first kappa shape index (κ1) is 16.8. The molecule has 20 heavy (non-hydrogen) atoms. The van der Waals surface area contributed by atoms with Crippen LogP contribution in [0.5, 0.6) is 5.75 Å². The molecule has 2 atom stereocenters. The highest BCUT2D eigenvalue weighted by atomic mass is 35.5. The number of nitrogens with one attached hydrogen (secondary N) is 1. The summed E-state index contributed by atoms with van der Waals surface area (Å²) in [5.41, 5.74) is 2.78. The van der Waals surface area contributed by atoms with E-state index in [4.69, 9.17) is 4.74 Å². The van der Waals surface area contributed by atoms with E-state index in [9.17, 15) is 0 Å². The van der Waals surface area contributed by atoms with E-state index in [2.05, 4.69) is 36.7 Å². The second-order valence-corrected chi connectivity index (χ2v) is 5.01. The highest BCUT2D eigenvalue weighted by molar-refractivity contribution is 5.85. The van der Waals surface area contributed by atoms with Crippen molar-refractivity contribution in [1.82, 2.24) is 5.32 Å². The maximum absolute atomic E-state index is 5.56.